The Morgan fingerprint density at radius 2 is 2.06 bits per heavy atom. The molecule has 8 heteroatoms. The zero-order valence-corrected chi connectivity index (χ0v) is 12.1. The van der Waals surface area contributed by atoms with Crippen LogP contribution in [0.25, 0.3) is 0 Å². The summed E-state index contributed by atoms with van der Waals surface area (Å²) in [7, 11) is 0. The molecule has 17 heavy (non-hydrogen) atoms. The van der Waals surface area contributed by atoms with Gasteiger partial charge >= 0.3 is 0 Å². The molecule has 0 spiro atoms. The van der Waals surface area contributed by atoms with Crippen molar-refractivity contribution in [2.24, 2.45) is 0 Å². The summed E-state index contributed by atoms with van der Waals surface area (Å²) in [5.74, 6) is 1.11. The van der Waals surface area contributed by atoms with Gasteiger partial charge < -0.3 is 5.32 Å². The van der Waals surface area contributed by atoms with Crippen molar-refractivity contribution in [3.63, 3.8) is 0 Å². The molecule has 2 aliphatic heterocycles. The van der Waals surface area contributed by atoms with E-state index in [0.29, 0.717) is 26.7 Å². The quantitative estimate of drug-likeness (QED) is 0.610. The molecule has 0 atom stereocenters. The Hall–Kier alpha value is -0.440. The molecule has 2 amide bonds. The van der Waals surface area contributed by atoms with E-state index in [4.69, 9.17) is 12.2 Å². The molecule has 0 saturated carbocycles. The minimum absolute atomic E-state index is 0.0231. The lowest BCUT2D eigenvalue weighted by Crippen LogP contribution is -2.28. The number of carbonyl (C=O) groups excluding carboxylic acids is 2. The fourth-order valence-electron chi connectivity index (χ4n) is 1.00. The molecule has 0 aromatic carbocycles. The highest BCUT2D eigenvalue weighted by Crippen LogP contribution is 2.18. The Kier molecular flexibility index (Phi) is 6.10. The molecule has 2 fully saturated rings. The number of nitrogens with one attached hydrogen (secondary N) is 1. The first kappa shape index (κ1) is 14.6. The van der Waals surface area contributed by atoms with Crippen molar-refractivity contribution in [3.05, 3.63) is 12.7 Å². The normalized spacial score (nSPS) is 18.9. The van der Waals surface area contributed by atoms with Crippen LogP contribution in [-0.2, 0) is 9.59 Å². The van der Waals surface area contributed by atoms with Crippen molar-refractivity contribution in [3.8, 4) is 0 Å². The lowest BCUT2D eigenvalue weighted by Gasteiger charge is -2.10. The maximum absolute atomic E-state index is 10.9. The molecule has 0 bridgehead atoms. The number of hydrogen-bond donors (Lipinski definition) is 1. The number of amides is 2. The lowest BCUT2D eigenvalue weighted by molar-refractivity contribution is -0.123. The number of thiocarbonyl (C=S) groups is 2. The van der Waals surface area contributed by atoms with Gasteiger partial charge in [0.1, 0.15) is 8.64 Å². The van der Waals surface area contributed by atoms with Crippen molar-refractivity contribution in [1.29, 1.82) is 0 Å². The van der Waals surface area contributed by atoms with Gasteiger partial charge in [-0.15, -0.1) is 6.58 Å². The monoisotopic (exact) mass is 306 g/mol. The van der Waals surface area contributed by atoms with Gasteiger partial charge in [-0.2, -0.15) is 0 Å². The summed E-state index contributed by atoms with van der Waals surface area (Å²) in [4.78, 5) is 22.7. The standard InChI is InChI=1S/C6H7NOS2.C3H3NOS2/c1-2-3-7-5(8)4-10-6(7)9;5-2-1-7-3(6)4-2/h2H,1,3-4H2;1H2,(H,4,5,6). The fourth-order valence-corrected chi connectivity index (χ4v) is 2.90. The average Bonchev–Trinajstić information content (AvgIpc) is 2.79. The Balaban J connectivity index is 0.000000181. The van der Waals surface area contributed by atoms with Crippen LogP contribution in [0.1, 0.15) is 0 Å². The zero-order valence-electron chi connectivity index (χ0n) is 8.80. The van der Waals surface area contributed by atoms with E-state index in [1.54, 1.807) is 11.0 Å². The molecule has 2 heterocycles. The Labute approximate surface area is 119 Å². The van der Waals surface area contributed by atoms with E-state index in [-0.39, 0.29) is 11.8 Å². The number of hydrogen-bond acceptors (Lipinski definition) is 6. The third kappa shape index (κ3) is 4.74. The molecule has 1 N–H and O–H groups in total. The second-order valence-corrected chi connectivity index (χ2v) is 6.23. The minimum atomic E-state index is 0.0231. The highest BCUT2D eigenvalue weighted by molar-refractivity contribution is 8.24. The van der Waals surface area contributed by atoms with Gasteiger partial charge in [0.05, 0.1) is 11.5 Å². The van der Waals surface area contributed by atoms with Gasteiger partial charge in [-0.3, -0.25) is 14.5 Å². The molecule has 92 valence electrons. The maximum Gasteiger partial charge on any atom is 0.238 e. The summed E-state index contributed by atoms with van der Waals surface area (Å²) in [5.41, 5.74) is 0. The molecule has 2 rings (SSSR count). The number of nitrogens with zero attached hydrogens (tertiary/aromatic N) is 1. The molecule has 0 radical (unpaired) electrons. The van der Waals surface area contributed by atoms with Crippen LogP contribution in [-0.4, -0.2) is 43.4 Å². The van der Waals surface area contributed by atoms with Crippen LogP contribution in [0.15, 0.2) is 12.7 Å². The van der Waals surface area contributed by atoms with E-state index in [0.717, 1.165) is 0 Å². The lowest BCUT2D eigenvalue weighted by atomic mass is 10.5. The summed E-state index contributed by atoms with van der Waals surface area (Å²) in [6, 6.07) is 0. The molecule has 2 saturated heterocycles. The predicted octanol–water partition coefficient (Wildman–Crippen LogP) is 1.17. The highest BCUT2D eigenvalue weighted by atomic mass is 32.2. The number of thioether (sulfide) groups is 2. The van der Waals surface area contributed by atoms with E-state index in [1.165, 1.54) is 23.5 Å². The van der Waals surface area contributed by atoms with Crippen LogP contribution in [0.5, 0.6) is 0 Å². The summed E-state index contributed by atoms with van der Waals surface area (Å²) in [6.07, 6.45) is 1.68. The fraction of sp³-hybridized carbons (Fsp3) is 0.333. The highest BCUT2D eigenvalue weighted by Gasteiger charge is 2.24. The van der Waals surface area contributed by atoms with Gasteiger partial charge in [0.15, 0.2) is 0 Å². The van der Waals surface area contributed by atoms with Gasteiger partial charge in [0.25, 0.3) is 0 Å². The van der Waals surface area contributed by atoms with E-state index in [9.17, 15) is 9.59 Å². The first-order valence-corrected chi connectivity index (χ1v) is 7.38. The van der Waals surface area contributed by atoms with Crippen molar-refractivity contribution in [1.82, 2.24) is 10.2 Å². The van der Waals surface area contributed by atoms with Crippen LogP contribution >= 0.6 is 48.0 Å². The molecule has 0 unspecified atom stereocenters. The van der Waals surface area contributed by atoms with Crippen LogP contribution in [0.3, 0.4) is 0 Å². The maximum atomic E-state index is 10.9. The Morgan fingerprint density at radius 1 is 1.35 bits per heavy atom. The van der Waals surface area contributed by atoms with E-state index >= 15 is 0 Å². The molecule has 4 nitrogen and oxygen atoms in total. The van der Waals surface area contributed by atoms with Crippen molar-refractivity contribution < 1.29 is 9.59 Å². The zero-order chi connectivity index (χ0) is 12.8. The largest absolute Gasteiger partial charge is 0.311 e. The third-order valence-electron chi connectivity index (χ3n) is 1.73. The summed E-state index contributed by atoms with van der Waals surface area (Å²) in [6.45, 7) is 4.08. The number of rotatable bonds is 2. The topological polar surface area (TPSA) is 49.4 Å². The number of carbonyl (C=O) groups is 2. The summed E-state index contributed by atoms with van der Waals surface area (Å²) < 4.78 is 1.27. The van der Waals surface area contributed by atoms with E-state index < -0.39 is 0 Å². The van der Waals surface area contributed by atoms with Gasteiger partial charge in [0, 0.05) is 6.54 Å². The summed E-state index contributed by atoms with van der Waals surface area (Å²) >= 11 is 12.3. The van der Waals surface area contributed by atoms with E-state index in [2.05, 4.69) is 24.1 Å². The van der Waals surface area contributed by atoms with Gasteiger partial charge in [-0.05, 0) is 0 Å². The third-order valence-corrected chi connectivity index (χ3v) is 4.39. The molecule has 0 aliphatic carbocycles. The molecular formula is C9H10N2O2S4. The molecule has 2 aliphatic rings. The smallest absolute Gasteiger partial charge is 0.238 e. The molecule has 0 aromatic rings. The SMILES string of the molecule is C=CCN1C(=O)CSC1=S.O=C1CSC(=S)N1. The van der Waals surface area contributed by atoms with Crippen molar-refractivity contribution in [2.75, 3.05) is 18.1 Å². The minimum Gasteiger partial charge on any atom is -0.311 e. The van der Waals surface area contributed by atoms with Gasteiger partial charge in [0.2, 0.25) is 11.8 Å². The van der Waals surface area contributed by atoms with Crippen molar-refractivity contribution in [2.45, 2.75) is 0 Å². The Morgan fingerprint density at radius 3 is 2.35 bits per heavy atom. The van der Waals surface area contributed by atoms with Crippen molar-refractivity contribution >= 4 is 68.4 Å². The van der Waals surface area contributed by atoms with Gasteiger partial charge in [-0.25, -0.2) is 0 Å². The van der Waals surface area contributed by atoms with E-state index in [1.807, 2.05) is 0 Å². The second-order valence-electron chi connectivity index (χ2n) is 2.97. The van der Waals surface area contributed by atoms with Gasteiger partial charge in [-0.1, -0.05) is 54.0 Å². The Bertz CT molecular complexity index is 353. The molecular weight excluding hydrogens is 296 g/mol. The van der Waals surface area contributed by atoms with Crippen LogP contribution < -0.4 is 5.32 Å². The molecule has 0 aromatic heterocycles. The van der Waals surface area contributed by atoms with Crippen LogP contribution in [0, 0.1) is 0 Å². The first-order chi connectivity index (χ1) is 8.04. The second kappa shape index (κ2) is 7.10. The average molecular weight is 306 g/mol. The predicted molar refractivity (Wildman–Crippen MR) is 80.2 cm³/mol. The first-order valence-electron chi connectivity index (χ1n) is 4.59. The van der Waals surface area contributed by atoms with Crippen LogP contribution in [0.2, 0.25) is 0 Å². The van der Waals surface area contributed by atoms with Crippen LogP contribution in [0.4, 0.5) is 0 Å². The summed E-state index contributed by atoms with van der Waals surface area (Å²) in [5, 5.41) is 2.47.